The van der Waals surface area contributed by atoms with Crippen LogP contribution in [0.3, 0.4) is 0 Å². The molecule has 0 unspecified atom stereocenters. The number of aryl methyl sites for hydroxylation is 1. The second kappa shape index (κ2) is 10.2. The first-order valence-electron chi connectivity index (χ1n) is 10.5. The minimum absolute atomic E-state index is 0.0406. The molecule has 0 bridgehead atoms. The molecule has 9 nitrogen and oxygen atoms in total. The van der Waals surface area contributed by atoms with Crippen LogP contribution in [0.5, 0.6) is 11.5 Å². The fourth-order valence-electron chi connectivity index (χ4n) is 3.17. The van der Waals surface area contributed by atoms with E-state index in [1.54, 1.807) is 18.2 Å². The van der Waals surface area contributed by atoms with E-state index in [1.165, 1.54) is 13.0 Å². The van der Waals surface area contributed by atoms with Gasteiger partial charge in [-0.3, -0.25) is 10.2 Å². The molecule has 35 heavy (non-hydrogen) atoms. The number of ether oxygens (including phenoxy) is 2. The molecule has 2 heterocycles. The Hall–Kier alpha value is -3.15. The molecule has 182 valence electrons. The Labute approximate surface area is 212 Å². The molecule has 0 atom stereocenters. The third kappa shape index (κ3) is 5.42. The molecule has 0 aliphatic carbocycles. The smallest absolute Gasteiger partial charge is 0.283 e. The largest absolute Gasteiger partial charge is 0.490 e. The molecule has 0 fully saturated rings. The van der Waals surface area contributed by atoms with Crippen LogP contribution in [0.25, 0.3) is 6.08 Å². The number of amidine groups is 3. The van der Waals surface area contributed by atoms with Crippen LogP contribution < -0.4 is 9.47 Å². The second-order valence-corrected chi connectivity index (χ2v) is 10.8. The lowest BCUT2D eigenvalue weighted by atomic mass is 10.1. The lowest BCUT2D eigenvalue weighted by molar-refractivity contribution is -0.114. The number of carbonyl (C=O) groups is 1. The van der Waals surface area contributed by atoms with E-state index in [0.29, 0.717) is 22.9 Å². The van der Waals surface area contributed by atoms with E-state index in [2.05, 4.69) is 9.39 Å². The maximum absolute atomic E-state index is 12.5. The van der Waals surface area contributed by atoms with Crippen molar-refractivity contribution >= 4 is 61.5 Å². The molecule has 12 heteroatoms. The zero-order chi connectivity index (χ0) is 25.2. The van der Waals surface area contributed by atoms with Crippen molar-refractivity contribution in [3.63, 3.8) is 0 Å². The Morgan fingerprint density at radius 3 is 2.54 bits per heavy atom. The normalized spacial score (nSPS) is 16.8. The van der Waals surface area contributed by atoms with Gasteiger partial charge in [-0.15, -0.1) is 0 Å². The number of hydrogen-bond acceptors (Lipinski definition) is 8. The summed E-state index contributed by atoms with van der Waals surface area (Å²) in [5.41, 5.74) is 1.59. The van der Waals surface area contributed by atoms with Crippen molar-refractivity contribution in [3.05, 3.63) is 64.2 Å². The minimum Gasteiger partial charge on any atom is -0.490 e. The van der Waals surface area contributed by atoms with E-state index in [0.717, 1.165) is 28.2 Å². The lowest BCUT2D eigenvalue weighted by Gasteiger charge is -2.24. The van der Waals surface area contributed by atoms with E-state index >= 15 is 0 Å². The fourth-order valence-corrected chi connectivity index (χ4v) is 5.37. The Balaban J connectivity index is 1.45. The molecule has 1 amide bonds. The van der Waals surface area contributed by atoms with Gasteiger partial charge in [0.25, 0.3) is 5.91 Å². The molecule has 1 N–H and O–H groups in total. The van der Waals surface area contributed by atoms with Crippen molar-refractivity contribution in [3.8, 4) is 11.5 Å². The molecule has 0 radical (unpaired) electrons. The molecule has 2 aliphatic rings. The van der Waals surface area contributed by atoms with Crippen LogP contribution in [0.15, 0.2) is 57.4 Å². The number of sulfone groups is 1. The van der Waals surface area contributed by atoms with Gasteiger partial charge in [0.2, 0.25) is 20.2 Å². The monoisotopic (exact) mass is 532 g/mol. The third-order valence-electron chi connectivity index (χ3n) is 5.05. The van der Waals surface area contributed by atoms with Crippen LogP contribution in [0.4, 0.5) is 0 Å². The molecule has 0 aromatic heterocycles. The predicted octanol–water partition coefficient (Wildman–Crippen LogP) is 4.12. The van der Waals surface area contributed by atoms with Crippen LogP contribution in [0, 0.1) is 12.3 Å². The average Bonchev–Trinajstić information content (AvgIpc) is 3.26. The van der Waals surface area contributed by atoms with Crippen LogP contribution in [-0.4, -0.2) is 54.4 Å². The van der Waals surface area contributed by atoms with Gasteiger partial charge in [-0.05, 0) is 42.8 Å². The molecule has 0 saturated heterocycles. The van der Waals surface area contributed by atoms with Gasteiger partial charge in [0.15, 0.2) is 0 Å². The molecule has 2 aromatic rings. The summed E-state index contributed by atoms with van der Waals surface area (Å²) in [6.07, 6.45) is 1.43. The molecule has 2 aliphatic heterocycles. The highest BCUT2D eigenvalue weighted by Gasteiger charge is 2.42. The summed E-state index contributed by atoms with van der Waals surface area (Å²) < 4.78 is 39.9. The van der Waals surface area contributed by atoms with Gasteiger partial charge in [0.1, 0.15) is 30.5 Å². The second-order valence-electron chi connectivity index (χ2n) is 7.51. The van der Waals surface area contributed by atoms with Crippen molar-refractivity contribution < 1.29 is 22.7 Å². The molecular weight excluding hydrogens is 512 g/mol. The molecule has 2 aromatic carbocycles. The number of hydrogen-bond donors (Lipinski definition) is 1. The van der Waals surface area contributed by atoms with Crippen molar-refractivity contribution in [1.82, 2.24) is 4.90 Å². The summed E-state index contributed by atoms with van der Waals surface area (Å²) in [4.78, 5) is 17.5. The Kier molecular flexibility index (Phi) is 7.29. The zero-order valence-electron chi connectivity index (χ0n) is 18.8. The SMILES string of the molecule is CCS(=O)(=O)C1=NSC2=NC(=O)/C(=C\c3ccc(OCCOc4ccc(C)cc4)c(Cl)c3)C(=N)N21. The first kappa shape index (κ1) is 25.0. The van der Waals surface area contributed by atoms with Gasteiger partial charge in [0.05, 0.1) is 28.3 Å². The third-order valence-corrected chi connectivity index (χ3v) is 7.75. The number of halogens is 1. The van der Waals surface area contributed by atoms with Gasteiger partial charge in [-0.2, -0.15) is 9.39 Å². The average molecular weight is 533 g/mol. The summed E-state index contributed by atoms with van der Waals surface area (Å²) in [5, 5.41) is 8.50. The number of fused-ring (bicyclic) bond motifs is 1. The minimum atomic E-state index is -3.71. The summed E-state index contributed by atoms with van der Waals surface area (Å²) in [7, 11) is -3.71. The molecule has 0 spiro atoms. The van der Waals surface area contributed by atoms with Crippen molar-refractivity contribution in [2.75, 3.05) is 19.0 Å². The quantitative estimate of drug-likeness (QED) is 0.323. The highest BCUT2D eigenvalue weighted by molar-refractivity contribution is 8.16. The maximum atomic E-state index is 12.5. The molecule has 0 saturated carbocycles. The van der Waals surface area contributed by atoms with Gasteiger partial charge in [-0.25, -0.2) is 13.3 Å². The number of aliphatic imine (C=N–C) groups is 1. The van der Waals surface area contributed by atoms with E-state index in [-0.39, 0.29) is 34.1 Å². The molecular formula is C23H21ClN4O5S2. The Morgan fingerprint density at radius 1 is 1.14 bits per heavy atom. The van der Waals surface area contributed by atoms with Crippen LogP contribution in [0.2, 0.25) is 5.02 Å². The number of benzene rings is 2. The highest BCUT2D eigenvalue weighted by Crippen LogP contribution is 2.31. The van der Waals surface area contributed by atoms with Gasteiger partial charge < -0.3 is 9.47 Å². The van der Waals surface area contributed by atoms with Crippen LogP contribution in [-0.2, 0) is 14.6 Å². The Morgan fingerprint density at radius 2 is 1.86 bits per heavy atom. The van der Waals surface area contributed by atoms with E-state index in [1.807, 2.05) is 31.2 Å². The summed E-state index contributed by atoms with van der Waals surface area (Å²) in [6.45, 7) is 4.08. The number of nitrogens with one attached hydrogen (secondary N) is 1. The van der Waals surface area contributed by atoms with E-state index in [4.69, 9.17) is 26.5 Å². The van der Waals surface area contributed by atoms with Crippen molar-refractivity contribution in [2.24, 2.45) is 9.39 Å². The number of amides is 1. The fraction of sp³-hybridized carbons (Fsp3) is 0.217. The first-order chi connectivity index (χ1) is 16.7. The highest BCUT2D eigenvalue weighted by atomic mass is 35.5. The Bertz CT molecular complexity index is 1390. The number of rotatable bonds is 7. The summed E-state index contributed by atoms with van der Waals surface area (Å²) >= 11 is 7.10. The lowest BCUT2D eigenvalue weighted by Crippen LogP contribution is -2.45. The topological polar surface area (TPSA) is 121 Å². The van der Waals surface area contributed by atoms with E-state index in [9.17, 15) is 13.2 Å². The van der Waals surface area contributed by atoms with Crippen molar-refractivity contribution in [1.29, 1.82) is 5.41 Å². The van der Waals surface area contributed by atoms with Crippen molar-refractivity contribution in [2.45, 2.75) is 13.8 Å². The van der Waals surface area contributed by atoms with Gasteiger partial charge >= 0.3 is 0 Å². The van der Waals surface area contributed by atoms with Gasteiger partial charge in [-0.1, -0.05) is 42.3 Å². The zero-order valence-corrected chi connectivity index (χ0v) is 21.2. The first-order valence-corrected chi connectivity index (χ1v) is 13.3. The number of carbonyl (C=O) groups excluding carboxylic acids is 1. The predicted molar refractivity (Wildman–Crippen MR) is 138 cm³/mol. The van der Waals surface area contributed by atoms with Gasteiger partial charge in [0, 0.05) is 0 Å². The van der Waals surface area contributed by atoms with E-state index < -0.39 is 15.7 Å². The summed E-state index contributed by atoms with van der Waals surface area (Å²) in [5.74, 6) is 0.0122. The maximum Gasteiger partial charge on any atom is 0.283 e. The molecule has 4 rings (SSSR count). The van der Waals surface area contributed by atoms with Crippen LogP contribution >= 0.6 is 23.5 Å². The standard InChI is InChI=1S/C23H21ClN4O5S2/c1-3-35(30,31)23-27-34-22-26-21(29)17(20(25)28(22)23)12-15-6-9-19(18(24)13-15)33-11-10-32-16-7-4-14(2)5-8-16/h4-9,12-13,25H,3,10-11H2,1-2H3/b17-12-,25-20?. The number of nitrogens with zero attached hydrogens (tertiary/aromatic N) is 3. The summed E-state index contributed by atoms with van der Waals surface area (Å²) in [6, 6.07) is 12.6. The van der Waals surface area contributed by atoms with Crippen LogP contribution in [0.1, 0.15) is 18.1 Å².